The van der Waals surface area contributed by atoms with Gasteiger partial charge in [-0.1, -0.05) is 17.3 Å². The molecule has 0 fully saturated rings. The van der Waals surface area contributed by atoms with Gasteiger partial charge in [0.1, 0.15) is 0 Å². The predicted octanol–water partition coefficient (Wildman–Crippen LogP) is 2.28. The van der Waals surface area contributed by atoms with Crippen LogP contribution in [0.25, 0.3) is 0 Å². The number of anilines is 1. The van der Waals surface area contributed by atoms with Gasteiger partial charge in [-0.3, -0.25) is 4.79 Å². The van der Waals surface area contributed by atoms with Crippen LogP contribution in [0.15, 0.2) is 46.2 Å². The van der Waals surface area contributed by atoms with Crippen molar-refractivity contribution in [2.45, 2.75) is 0 Å². The van der Waals surface area contributed by atoms with Crippen LogP contribution in [0.4, 0.5) is 5.69 Å². The van der Waals surface area contributed by atoms with Gasteiger partial charge in [0.15, 0.2) is 5.84 Å². The monoisotopic (exact) mass is 279 g/mol. The van der Waals surface area contributed by atoms with Gasteiger partial charge in [-0.25, -0.2) is 0 Å². The second-order valence-electron chi connectivity index (χ2n) is 3.59. The van der Waals surface area contributed by atoms with E-state index < -0.39 is 5.91 Å². The Kier molecular flexibility index (Phi) is 3.72. The van der Waals surface area contributed by atoms with Crippen LogP contribution < -0.4 is 11.1 Å². The summed E-state index contributed by atoms with van der Waals surface area (Å²) in [6.07, 6.45) is 1.31. The molecule has 7 heteroatoms. The number of nitrogens with two attached hydrogens (primary N) is 1. The molecule has 0 unspecified atom stereocenters. The highest BCUT2D eigenvalue weighted by Crippen LogP contribution is 2.20. The molecule has 0 saturated carbocycles. The minimum absolute atomic E-state index is 0.00113. The Hall–Kier alpha value is -2.47. The molecule has 1 aromatic carbocycles. The molecule has 98 valence electrons. The minimum atomic E-state index is -0.447. The largest absolute Gasteiger partial charge is 0.452 e. The fourth-order valence-corrected chi connectivity index (χ4v) is 1.71. The average Bonchev–Trinajstić information content (AvgIpc) is 2.85. The summed E-state index contributed by atoms with van der Waals surface area (Å²) in [6, 6.07) is 8.10. The lowest BCUT2D eigenvalue weighted by molar-refractivity contribution is 0.102. The molecule has 0 spiro atoms. The molecule has 4 N–H and O–H groups in total. The third kappa shape index (κ3) is 2.69. The average molecular weight is 280 g/mol. The summed E-state index contributed by atoms with van der Waals surface area (Å²) in [5.41, 5.74) is 6.53. The highest BCUT2D eigenvalue weighted by atomic mass is 35.5. The highest BCUT2D eigenvalue weighted by molar-refractivity contribution is 6.32. The van der Waals surface area contributed by atoms with Crippen molar-refractivity contribution < 1.29 is 14.4 Å². The molecule has 0 aliphatic rings. The summed E-state index contributed by atoms with van der Waals surface area (Å²) in [5.74, 6) is -0.550. The Bertz CT molecular complexity index is 637. The van der Waals surface area contributed by atoms with Crippen molar-refractivity contribution in [2.75, 3.05) is 5.32 Å². The maximum Gasteiger partial charge on any atom is 0.260 e. The Morgan fingerprint density at radius 2 is 2.05 bits per heavy atom. The lowest BCUT2D eigenvalue weighted by atomic mass is 10.1. The predicted molar refractivity (Wildman–Crippen MR) is 70.6 cm³/mol. The number of benzene rings is 1. The van der Waals surface area contributed by atoms with Gasteiger partial charge in [0, 0.05) is 5.56 Å². The second-order valence-corrected chi connectivity index (χ2v) is 3.94. The number of para-hydroxylation sites is 1. The molecule has 0 atom stereocenters. The first-order valence-corrected chi connectivity index (χ1v) is 5.62. The van der Waals surface area contributed by atoms with E-state index >= 15 is 0 Å². The van der Waals surface area contributed by atoms with Crippen molar-refractivity contribution in [1.29, 1.82) is 0 Å². The normalized spacial score (nSPS) is 11.3. The molecule has 2 aromatic rings. The number of amidine groups is 1. The van der Waals surface area contributed by atoms with Gasteiger partial charge in [0.2, 0.25) is 5.22 Å². The van der Waals surface area contributed by atoms with Gasteiger partial charge in [-0.05, 0) is 29.8 Å². The number of oxime groups is 1. The van der Waals surface area contributed by atoms with Gasteiger partial charge >= 0.3 is 0 Å². The standard InChI is InChI=1S/C12H10ClN3O3/c13-10-8(5-6-19-10)12(17)15-9-4-2-1-3-7(9)11(14)16-18/h1-6,18H,(H2,14,16)(H,15,17). The molecular formula is C12H10ClN3O3. The van der Waals surface area contributed by atoms with Gasteiger partial charge in [0.05, 0.1) is 17.5 Å². The van der Waals surface area contributed by atoms with E-state index in [1.165, 1.54) is 12.3 Å². The first-order chi connectivity index (χ1) is 9.13. The molecule has 0 bridgehead atoms. The fraction of sp³-hybridized carbons (Fsp3) is 0. The lowest BCUT2D eigenvalue weighted by Gasteiger charge is -2.09. The van der Waals surface area contributed by atoms with Crippen molar-refractivity contribution in [2.24, 2.45) is 10.9 Å². The quantitative estimate of drug-likeness (QED) is 0.347. The topological polar surface area (TPSA) is 101 Å². The molecule has 0 saturated heterocycles. The van der Waals surface area contributed by atoms with Crippen LogP contribution in [0.1, 0.15) is 15.9 Å². The molecule has 1 amide bonds. The number of hydrogen-bond donors (Lipinski definition) is 3. The second kappa shape index (κ2) is 5.45. The van der Waals surface area contributed by atoms with Crippen molar-refractivity contribution in [3.05, 3.63) is 52.9 Å². The Labute approximate surface area is 113 Å². The molecular weight excluding hydrogens is 270 g/mol. The molecule has 0 aliphatic carbocycles. The number of rotatable bonds is 3. The minimum Gasteiger partial charge on any atom is -0.452 e. The zero-order valence-electron chi connectivity index (χ0n) is 9.63. The van der Waals surface area contributed by atoms with E-state index in [1.54, 1.807) is 24.3 Å². The van der Waals surface area contributed by atoms with Crippen molar-refractivity contribution >= 4 is 29.0 Å². The van der Waals surface area contributed by atoms with Crippen LogP contribution in [0.5, 0.6) is 0 Å². The molecule has 19 heavy (non-hydrogen) atoms. The summed E-state index contributed by atoms with van der Waals surface area (Å²) in [5, 5.41) is 14.2. The SMILES string of the molecule is N/C(=N/O)c1ccccc1NC(=O)c1ccoc1Cl. The van der Waals surface area contributed by atoms with Crippen LogP contribution in [0, 0.1) is 0 Å². The van der Waals surface area contributed by atoms with Crippen LogP contribution >= 0.6 is 11.6 Å². The zero-order valence-corrected chi connectivity index (χ0v) is 10.4. The van der Waals surface area contributed by atoms with E-state index in [4.69, 9.17) is 27.0 Å². The number of halogens is 1. The van der Waals surface area contributed by atoms with Gasteiger partial charge in [0.25, 0.3) is 5.91 Å². The number of amides is 1. The van der Waals surface area contributed by atoms with Gasteiger partial charge < -0.3 is 20.7 Å². The molecule has 1 heterocycles. The van der Waals surface area contributed by atoms with Crippen LogP contribution in [0.3, 0.4) is 0 Å². The van der Waals surface area contributed by atoms with E-state index in [1.807, 2.05) is 0 Å². The number of nitrogens with one attached hydrogen (secondary N) is 1. The van der Waals surface area contributed by atoms with E-state index in [0.717, 1.165) is 0 Å². The maximum atomic E-state index is 12.0. The van der Waals surface area contributed by atoms with E-state index in [2.05, 4.69) is 10.5 Å². The molecule has 1 aromatic heterocycles. The highest BCUT2D eigenvalue weighted by Gasteiger charge is 2.15. The van der Waals surface area contributed by atoms with Gasteiger partial charge in [-0.15, -0.1) is 0 Å². The van der Waals surface area contributed by atoms with Crippen LogP contribution in [0.2, 0.25) is 5.22 Å². The molecule has 6 nitrogen and oxygen atoms in total. The lowest BCUT2D eigenvalue weighted by Crippen LogP contribution is -2.19. The number of carbonyl (C=O) groups excluding carboxylic acids is 1. The summed E-state index contributed by atoms with van der Waals surface area (Å²) in [6.45, 7) is 0. The Morgan fingerprint density at radius 1 is 1.32 bits per heavy atom. The number of nitrogens with zero attached hydrogens (tertiary/aromatic N) is 1. The maximum absolute atomic E-state index is 12.0. The summed E-state index contributed by atoms with van der Waals surface area (Å²) in [7, 11) is 0. The summed E-state index contributed by atoms with van der Waals surface area (Å²) >= 11 is 5.71. The van der Waals surface area contributed by atoms with E-state index in [-0.39, 0.29) is 16.6 Å². The van der Waals surface area contributed by atoms with E-state index in [9.17, 15) is 4.79 Å². The molecule has 2 rings (SSSR count). The number of hydrogen-bond acceptors (Lipinski definition) is 4. The number of carbonyl (C=O) groups is 1. The smallest absolute Gasteiger partial charge is 0.260 e. The zero-order chi connectivity index (χ0) is 13.8. The Balaban J connectivity index is 2.30. The first kappa shape index (κ1) is 13.0. The molecule has 0 aliphatic heterocycles. The summed E-state index contributed by atoms with van der Waals surface area (Å²) in [4.78, 5) is 12.0. The van der Waals surface area contributed by atoms with Crippen LogP contribution in [-0.2, 0) is 0 Å². The van der Waals surface area contributed by atoms with E-state index in [0.29, 0.717) is 11.3 Å². The van der Waals surface area contributed by atoms with Crippen molar-refractivity contribution in [3.8, 4) is 0 Å². The third-order valence-corrected chi connectivity index (χ3v) is 2.71. The molecule has 0 radical (unpaired) electrons. The number of furan rings is 1. The fourth-order valence-electron chi connectivity index (χ4n) is 1.51. The summed E-state index contributed by atoms with van der Waals surface area (Å²) < 4.78 is 4.84. The van der Waals surface area contributed by atoms with Gasteiger partial charge in [-0.2, -0.15) is 0 Å². The Morgan fingerprint density at radius 3 is 2.68 bits per heavy atom. The van der Waals surface area contributed by atoms with Crippen molar-refractivity contribution in [3.63, 3.8) is 0 Å². The van der Waals surface area contributed by atoms with Crippen molar-refractivity contribution in [1.82, 2.24) is 0 Å². The third-order valence-electron chi connectivity index (χ3n) is 2.42. The van der Waals surface area contributed by atoms with Crippen LogP contribution in [-0.4, -0.2) is 17.0 Å². The first-order valence-electron chi connectivity index (χ1n) is 5.24.